The summed E-state index contributed by atoms with van der Waals surface area (Å²) in [5.74, 6) is 0.340. The molecule has 1 aliphatic heterocycles. The molecule has 1 saturated heterocycles. The molecule has 6 rings (SSSR count). The number of nitrogens with zero attached hydrogens (tertiary/aromatic N) is 2. The highest BCUT2D eigenvalue weighted by Crippen LogP contribution is 2.42. The lowest BCUT2D eigenvalue weighted by atomic mass is 9.99. The fourth-order valence-electron chi connectivity index (χ4n) is 5.83. The number of carbonyl (C=O) groups excluding carboxylic acids is 1. The highest BCUT2D eigenvalue weighted by molar-refractivity contribution is 6.39. The zero-order valence-corrected chi connectivity index (χ0v) is 27.5. The standard InChI is InChI=1S/C35H35Cl2N5O5/c1-46-28-16-20(6-7-21(28)18-40-35(13-14-35)34(44)45)32-31(37)25(12-15-39-32)24-4-3-5-26(30(24)36)27-10-8-22(33(42-27)47-2)17-38-19-23-9-11-29(43)41-23/h3-8,10,12,15-16,23,38,40H,9,11,13-14,17-19H2,1-2H3,(H,41,43)(H,44,45). The molecule has 47 heavy (non-hydrogen) atoms. The van der Waals surface area contributed by atoms with Gasteiger partial charge in [0.15, 0.2) is 0 Å². The zero-order valence-electron chi connectivity index (χ0n) is 26.0. The summed E-state index contributed by atoms with van der Waals surface area (Å²) in [5, 5.41) is 19.9. The van der Waals surface area contributed by atoms with Gasteiger partial charge in [-0.25, -0.2) is 4.98 Å². The minimum absolute atomic E-state index is 0.0910. The molecule has 2 aliphatic rings. The number of rotatable bonds is 13. The quantitative estimate of drug-likeness (QED) is 0.137. The molecule has 12 heteroatoms. The summed E-state index contributed by atoms with van der Waals surface area (Å²) in [4.78, 5) is 32.4. The molecule has 3 heterocycles. The van der Waals surface area contributed by atoms with Crippen LogP contribution in [0.4, 0.5) is 0 Å². The Kier molecular flexibility index (Phi) is 9.65. The molecule has 0 radical (unpaired) electrons. The van der Waals surface area contributed by atoms with E-state index in [0.29, 0.717) is 77.5 Å². The topological polar surface area (TPSA) is 135 Å². The maximum Gasteiger partial charge on any atom is 0.323 e. The van der Waals surface area contributed by atoms with Gasteiger partial charge in [-0.05, 0) is 37.5 Å². The highest BCUT2D eigenvalue weighted by Gasteiger charge is 2.49. The normalized spacial score (nSPS) is 16.5. The van der Waals surface area contributed by atoms with Crippen LogP contribution in [0.1, 0.15) is 36.8 Å². The maximum atomic E-state index is 11.6. The average molecular weight is 677 g/mol. The molecule has 2 aromatic carbocycles. The molecule has 1 aliphatic carbocycles. The van der Waals surface area contributed by atoms with Crippen LogP contribution in [0, 0.1) is 0 Å². The van der Waals surface area contributed by atoms with Crippen molar-refractivity contribution >= 4 is 35.1 Å². The van der Waals surface area contributed by atoms with Crippen LogP contribution in [-0.2, 0) is 22.7 Å². The SMILES string of the molecule is COc1cc(-c2nccc(-c3cccc(-c4ccc(CNCC5CCC(=O)N5)c(OC)n4)c3Cl)c2Cl)ccc1CNC1(C(=O)O)CC1. The number of carbonyl (C=O) groups is 2. The molecule has 2 fully saturated rings. The summed E-state index contributed by atoms with van der Waals surface area (Å²) in [6.07, 6.45) is 4.29. The Labute approximate surface area is 282 Å². The predicted octanol–water partition coefficient (Wildman–Crippen LogP) is 5.88. The highest BCUT2D eigenvalue weighted by atomic mass is 35.5. The van der Waals surface area contributed by atoms with E-state index in [1.54, 1.807) is 20.4 Å². The Morgan fingerprint density at radius 3 is 2.47 bits per heavy atom. The van der Waals surface area contributed by atoms with Crippen molar-refractivity contribution < 1.29 is 24.2 Å². The lowest BCUT2D eigenvalue weighted by Crippen LogP contribution is -2.38. The van der Waals surface area contributed by atoms with Gasteiger partial charge in [0.2, 0.25) is 11.8 Å². The number of aliphatic carboxylic acids is 1. The Hall–Kier alpha value is -4.22. The number of carboxylic acids is 1. The smallest absolute Gasteiger partial charge is 0.323 e. The Balaban J connectivity index is 1.24. The first-order chi connectivity index (χ1) is 22.7. The largest absolute Gasteiger partial charge is 0.496 e. The van der Waals surface area contributed by atoms with Crippen molar-refractivity contribution in [2.75, 3.05) is 20.8 Å². The summed E-state index contributed by atoms with van der Waals surface area (Å²) in [6.45, 7) is 1.56. The molecule has 0 spiro atoms. The van der Waals surface area contributed by atoms with E-state index in [2.05, 4.69) is 20.9 Å². The van der Waals surface area contributed by atoms with E-state index >= 15 is 0 Å². The minimum atomic E-state index is -0.854. The molecule has 0 bridgehead atoms. The number of carboxylic acid groups (broad SMARTS) is 1. The fourth-order valence-corrected chi connectivity index (χ4v) is 6.47. The van der Waals surface area contributed by atoms with Gasteiger partial charge in [0.05, 0.1) is 35.7 Å². The fraction of sp³-hybridized carbons (Fsp3) is 0.314. The van der Waals surface area contributed by atoms with Crippen molar-refractivity contribution in [2.24, 2.45) is 0 Å². The van der Waals surface area contributed by atoms with E-state index in [-0.39, 0.29) is 11.9 Å². The molecule has 1 atom stereocenters. The van der Waals surface area contributed by atoms with Crippen LogP contribution in [-0.4, -0.2) is 59.3 Å². The monoisotopic (exact) mass is 675 g/mol. The van der Waals surface area contributed by atoms with Crippen LogP contribution in [0.2, 0.25) is 10.0 Å². The van der Waals surface area contributed by atoms with Crippen LogP contribution in [0.25, 0.3) is 33.6 Å². The van der Waals surface area contributed by atoms with E-state index in [0.717, 1.165) is 34.2 Å². The lowest BCUT2D eigenvalue weighted by molar-refractivity contribution is -0.140. The van der Waals surface area contributed by atoms with Gasteiger partial charge in [-0.15, -0.1) is 0 Å². The van der Waals surface area contributed by atoms with Crippen molar-refractivity contribution in [3.8, 4) is 45.3 Å². The number of nitrogens with one attached hydrogen (secondary N) is 3. The van der Waals surface area contributed by atoms with Crippen molar-refractivity contribution in [3.05, 3.63) is 82.0 Å². The third kappa shape index (κ3) is 6.92. The van der Waals surface area contributed by atoms with Gasteiger partial charge in [-0.3, -0.25) is 19.9 Å². The van der Waals surface area contributed by atoms with E-state index in [9.17, 15) is 14.7 Å². The molecule has 4 aromatic rings. The molecule has 2 aromatic heterocycles. The molecular formula is C35H35Cl2N5O5. The van der Waals surface area contributed by atoms with Gasteiger partial charge in [0.25, 0.3) is 0 Å². The molecule has 1 saturated carbocycles. The van der Waals surface area contributed by atoms with Crippen molar-refractivity contribution in [1.82, 2.24) is 25.9 Å². The molecular weight excluding hydrogens is 641 g/mol. The van der Waals surface area contributed by atoms with Crippen LogP contribution < -0.4 is 25.4 Å². The van der Waals surface area contributed by atoms with E-state index in [1.165, 1.54) is 0 Å². The second kappa shape index (κ2) is 13.9. The number of ether oxygens (including phenoxy) is 2. The van der Waals surface area contributed by atoms with Crippen molar-refractivity contribution in [3.63, 3.8) is 0 Å². The van der Waals surface area contributed by atoms with Gasteiger partial charge in [0, 0.05) is 71.7 Å². The van der Waals surface area contributed by atoms with Crippen LogP contribution in [0.5, 0.6) is 11.6 Å². The van der Waals surface area contributed by atoms with Gasteiger partial charge in [-0.2, -0.15) is 0 Å². The minimum Gasteiger partial charge on any atom is -0.496 e. The second-order valence-corrected chi connectivity index (χ2v) is 12.5. The first-order valence-electron chi connectivity index (χ1n) is 15.4. The molecule has 1 unspecified atom stereocenters. The number of pyridine rings is 2. The number of aromatic nitrogens is 2. The summed E-state index contributed by atoms with van der Waals surface area (Å²) in [7, 11) is 3.16. The Bertz CT molecular complexity index is 1830. The van der Waals surface area contributed by atoms with Gasteiger partial charge >= 0.3 is 5.97 Å². The lowest BCUT2D eigenvalue weighted by Gasteiger charge is -2.17. The average Bonchev–Trinajstić information content (AvgIpc) is 3.77. The van der Waals surface area contributed by atoms with E-state index in [1.807, 2.05) is 54.6 Å². The molecule has 244 valence electrons. The summed E-state index contributed by atoms with van der Waals surface area (Å²) >= 11 is 14.1. The predicted molar refractivity (Wildman–Crippen MR) is 181 cm³/mol. The summed E-state index contributed by atoms with van der Waals surface area (Å²) in [5.41, 5.74) is 4.97. The molecule has 1 amide bonds. The maximum absolute atomic E-state index is 11.6. The summed E-state index contributed by atoms with van der Waals surface area (Å²) < 4.78 is 11.3. The molecule has 10 nitrogen and oxygen atoms in total. The van der Waals surface area contributed by atoms with Gasteiger partial charge in [0.1, 0.15) is 11.3 Å². The number of benzene rings is 2. The van der Waals surface area contributed by atoms with E-state index in [4.69, 9.17) is 37.7 Å². The van der Waals surface area contributed by atoms with Crippen LogP contribution in [0.3, 0.4) is 0 Å². The number of halogens is 2. The third-order valence-corrected chi connectivity index (χ3v) is 9.50. The van der Waals surface area contributed by atoms with Crippen molar-refractivity contribution in [2.45, 2.75) is 50.4 Å². The number of hydrogen-bond donors (Lipinski definition) is 4. The Morgan fingerprint density at radius 2 is 1.77 bits per heavy atom. The van der Waals surface area contributed by atoms with E-state index < -0.39 is 11.5 Å². The first-order valence-corrected chi connectivity index (χ1v) is 16.1. The van der Waals surface area contributed by atoms with Crippen LogP contribution >= 0.6 is 23.2 Å². The number of hydrogen-bond acceptors (Lipinski definition) is 8. The van der Waals surface area contributed by atoms with Gasteiger partial charge in [-0.1, -0.05) is 59.6 Å². The number of amides is 1. The second-order valence-electron chi connectivity index (χ2n) is 11.8. The van der Waals surface area contributed by atoms with Crippen LogP contribution in [0.15, 0.2) is 60.8 Å². The first kappa shape index (κ1) is 32.7. The zero-order chi connectivity index (χ0) is 33.1. The molecule has 4 N–H and O–H groups in total. The number of methoxy groups -OCH3 is 2. The van der Waals surface area contributed by atoms with Gasteiger partial charge < -0.3 is 25.2 Å². The third-order valence-electron chi connectivity index (χ3n) is 8.71. The Morgan fingerprint density at radius 1 is 1.00 bits per heavy atom. The summed E-state index contributed by atoms with van der Waals surface area (Å²) in [6, 6.07) is 17.2. The van der Waals surface area contributed by atoms with Crippen molar-refractivity contribution in [1.29, 1.82) is 0 Å².